The van der Waals surface area contributed by atoms with Gasteiger partial charge in [-0.15, -0.1) is 0 Å². The summed E-state index contributed by atoms with van der Waals surface area (Å²) in [7, 11) is -3.14. The lowest BCUT2D eigenvalue weighted by atomic mass is 10.2. The van der Waals surface area contributed by atoms with Crippen molar-refractivity contribution >= 4 is 21.5 Å². The maximum absolute atomic E-state index is 10.2. The topological polar surface area (TPSA) is 186 Å². The van der Waals surface area contributed by atoms with Crippen LogP contribution in [-0.2, 0) is 4.79 Å². The zero-order valence-electron chi connectivity index (χ0n) is 8.63. The van der Waals surface area contributed by atoms with Crippen LogP contribution in [0, 0.1) is 5.41 Å². The molecule has 0 bridgehead atoms. The molecular weight excluding hydrogens is 236 g/mol. The van der Waals surface area contributed by atoms with Gasteiger partial charge in [0, 0.05) is 6.54 Å². The highest BCUT2D eigenvalue weighted by Gasteiger charge is 2.09. The van der Waals surface area contributed by atoms with E-state index in [1.54, 1.807) is 0 Å². The number of guanidine groups is 1. The van der Waals surface area contributed by atoms with Crippen LogP contribution < -0.4 is 16.8 Å². The van der Waals surface area contributed by atoms with E-state index in [1.165, 1.54) is 0 Å². The summed E-state index contributed by atoms with van der Waals surface area (Å²) in [5, 5.41) is 17.7. The summed E-state index contributed by atoms with van der Waals surface area (Å²) in [5.74, 6) is -1.11. The molecule has 0 aliphatic rings. The molecule has 0 aliphatic heterocycles. The van der Waals surface area contributed by atoms with Crippen LogP contribution in [0.4, 0.5) is 0 Å². The Kier molecular flexibility index (Phi) is 11.1. The van der Waals surface area contributed by atoms with Gasteiger partial charge < -0.3 is 36.3 Å². The maximum Gasteiger partial charge on any atom is 0.475 e. The van der Waals surface area contributed by atoms with Gasteiger partial charge in [-0.1, -0.05) is 0 Å². The highest BCUT2D eigenvalue weighted by molar-refractivity contribution is 6.30. The lowest BCUT2D eigenvalue weighted by Crippen LogP contribution is -2.34. The summed E-state index contributed by atoms with van der Waals surface area (Å²) in [6.45, 7) is 0.482. The molecule has 0 amide bonds. The van der Waals surface area contributed by atoms with Crippen molar-refractivity contribution in [2.75, 3.05) is 6.54 Å². The Morgan fingerprint density at radius 1 is 1.44 bits per heavy atom. The molecule has 10 heteroatoms. The minimum absolute atomic E-state index is 0.112. The van der Waals surface area contributed by atoms with Gasteiger partial charge in [0.2, 0.25) is 0 Å². The van der Waals surface area contributed by atoms with E-state index in [0.29, 0.717) is 19.4 Å². The molecule has 0 spiro atoms. The molecule has 0 aromatic carbocycles. The zero-order chi connectivity index (χ0) is 13.1. The van der Waals surface area contributed by atoms with E-state index < -0.39 is 21.5 Å². The molecule has 0 aromatic heterocycles. The fourth-order valence-corrected chi connectivity index (χ4v) is 0.669. The molecule has 10 N–H and O–H groups in total. The molecule has 0 rings (SSSR count). The van der Waals surface area contributed by atoms with Crippen LogP contribution in [0.25, 0.3) is 0 Å². The summed E-state index contributed by atoms with van der Waals surface area (Å²) >= 11 is 0. The van der Waals surface area contributed by atoms with Gasteiger partial charge >= 0.3 is 15.5 Å². The Morgan fingerprint density at radius 2 is 1.88 bits per heavy atom. The lowest BCUT2D eigenvalue weighted by molar-refractivity contribution is -0.138. The van der Waals surface area contributed by atoms with Crippen LogP contribution in [0.5, 0.6) is 0 Å². The average molecular weight is 254 g/mol. The summed E-state index contributed by atoms with van der Waals surface area (Å²) in [4.78, 5) is 32.1. The Labute approximate surface area is 94.2 Å². The quantitative estimate of drug-likeness (QED) is 0.107. The molecule has 0 saturated carbocycles. The molecule has 0 saturated heterocycles. The molecule has 0 aliphatic carbocycles. The Balaban J connectivity index is 0. The smallest absolute Gasteiger partial charge is 0.475 e. The first-order valence-electron chi connectivity index (χ1n) is 4.37. The van der Waals surface area contributed by atoms with Crippen LogP contribution in [0.15, 0.2) is 0 Å². The number of hydrogen-bond acceptors (Lipinski definition) is 6. The van der Waals surface area contributed by atoms with E-state index in [0.717, 1.165) is 0 Å². The van der Waals surface area contributed by atoms with Crippen molar-refractivity contribution in [1.29, 1.82) is 5.41 Å². The minimum atomic E-state index is -3.14. The van der Waals surface area contributed by atoms with E-state index in [2.05, 4.69) is 5.32 Å². The fourth-order valence-electron chi connectivity index (χ4n) is 0.669. The van der Waals surface area contributed by atoms with Crippen LogP contribution in [0.3, 0.4) is 0 Å². The van der Waals surface area contributed by atoms with Crippen molar-refractivity contribution in [2.45, 2.75) is 18.9 Å². The van der Waals surface area contributed by atoms with Gasteiger partial charge in [0.1, 0.15) is 6.04 Å². The Bertz CT molecular complexity index is 212. The van der Waals surface area contributed by atoms with Crippen LogP contribution >= 0.6 is 0 Å². The highest BCUT2D eigenvalue weighted by atomic mass is 28.3. The normalized spacial score (nSPS) is 11.3. The molecule has 1 atom stereocenters. The Hall–Kier alpha value is -1.20. The summed E-state index contributed by atoms with van der Waals surface area (Å²) < 4.78 is 0. The van der Waals surface area contributed by atoms with E-state index in [1.807, 2.05) is 0 Å². The molecular formula is C6H18N4O5Si. The third-order valence-electron chi connectivity index (χ3n) is 1.32. The molecule has 0 aromatic rings. The fraction of sp³-hybridized carbons (Fsp3) is 0.667. The van der Waals surface area contributed by atoms with Gasteiger partial charge in [-0.2, -0.15) is 0 Å². The van der Waals surface area contributed by atoms with E-state index in [-0.39, 0.29) is 5.96 Å². The van der Waals surface area contributed by atoms with Gasteiger partial charge in [-0.05, 0) is 12.8 Å². The van der Waals surface area contributed by atoms with Crippen LogP contribution in [0.1, 0.15) is 12.8 Å². The number of nitrogens with one attached hydrogen (secondary N) is 2. The molecule has 0 fully saturated rings. The molecule has 0 radical (unpaired) electrons. The predicted molar refractivity (Wildman–Crippen MR) is 58.6 cm³/mol. The monoisotopic (exact) mass is 254 g/mol. The first-order chi connectivity index (χ1) is 7.27. The molecule has 16 heavy (non-hydrogen) atoms. The first kappa shape index (κ1) is 17.2. The van der Waals surface area contributed by atoms with Crippen molar-refractivity contribution in [2.24, 2.45) is 11.5 Å². The summed E-state index contributed by atoms with van der Waals surface area (Å²) in [6.07, 6.45) is 0.975. The van der Waals surface area contributed by atoms with Gasteiger partial charge in [0.25, 0.3) is 0 Å². The number of rotatable bonds is 5. The number of carbonyl (C=O) groups is 1. The minimum Gasteiger partial charge on any atom is -0.480 e. The predicted octanol–water partition coefficient (Wildman–Crippen LogP) is -3.66. The van der Waals surface area contributed by atoms with Crippen molar-refractivity contribution < 1.29 is 24.3 Å². The maximum atomic E-state index is 10.2. The number of carboxylic acids is 1. The standard InChI is InChI=1S/C6H14N4O2.H4O3Si/c7-4(5(11)12)2-1-3-10-6(8)9;1-4(2)3/h4H,1-3,7H2,(H,11,12)(H4,8,9,10);1-4H/t4-;/m0./s1. The van der Waals surface area contributed by atoms with E-state index in [4.69, 9.17) is 36.4 Å². The number of nitrogens with two attached hydrogens (primary N) is 2. The molecule has 0 heterocycles. The highest BCUT2D eigenvalue weighted by Crippen LogP contribution is 1.92. The molecule has 9 nitrogen and oxygen atoms in total. The number of aliphatic carboxylic acids is 1. The second-order valence-corrected chi connectivity index (χ2v) is 3.47. The largest absolute Gasteiger partial charge is 0.480 e. The lowest BCUT2D eigenvalue weighted by Gasteiger charge is -2.06. The summed E-state index contributed by atoms with van der Waals surface area (Å²) in [5.41, 5.74) is 10.2. The third-order valence-corrected chi connectivity index (χ3v) is 1.32. The third kappa shape index (κ3) is 18.6. The van der Waals surface area contributed by atoms with Crippen molar-refractivity contribution in [3.8, 4) is 0 Å². The SMILES string of the molecule is N=C(N)NCCC[C@H](N)C(=O)O.O[SiH](O)O. The average Bonchev–Trinajstić information content (AvgIpc) is 2.10. The zero-order valence-corrected chi connectivity index (χ0v) is 9.78. The van der Waals surface area contributed by atoms with Crippen molar-refractivity contribution in [3.63, 3.8) is 0 Å². The van der Waals surface area contributed by atoms with Crippen molar-refractivity contribution in [1.82, 2.24) is 5.32 Å². The summed E-state index contributed by atoms with van der Waals surface area (Å²) in [6, 6.07) is -0.821. The van der Waals surface area contributed by atoms with Crippen molar-refractivity contribution in [3.05, 3.63) is 0 Å². The second kappa shape index (κ2) is 10.3. The number of hydrogen-bond donors (Lipinski definition) is 8. The van der Waals surface area contributed by atoms with Gasteiger partial charge in [0.15, 0.2) is 5.96 Å². The molecule has 96 valence electrons. The van der Waals surface area contributed by atoms with Crippen LogP contribution in [0.2, 0.25) is 0 Å². The molecule has 0 unspecified atom stereocenters. The van der Waals surface area contributed by atoms with Gasteiger partial charge in [0.05, 0.1) is 0 Å². The van der Waals surface area contributed by atoms with E-state index >= 15 is 0 Å². The first-order valence-corrected chi connectivity index (χ1v) is 5.92. The second-order valence-electron chi connectivity index (χ2n) is 2.77. The van der Waals surface area contributed by atoms with Crippen LogP contribution in [-0.4, -0.2) is 53.5 Å². The number of carboxylic acid groups (broad SMARTS) is 1. The van der Waals surface area contributed by atoms with Gasteiger partial charge in [-0.3, -0.25) is 10.2 Å². The Morgan fingerprint density at radius 3 is 2.19 bits per heavy atom. The van der Waals surface area contributed by atoms with E-state index in [9.17, 15) is 4.79 Å². The van der Waals surface area contributed by atoms with Gasteiger partial charge in [-0.25, -0.2) is 0 Å².